The summed E-state index contributed by atoms with van der Waals surface area (Å²) >= 11 is 0. The van der Waals surface area contributed by atoms with E-state index < -0.39 is 0 Å². The summed E-state index contributed by atoms with van der Waals surface area (Å²) < 4.78 is 21.7. The number of hydrogen-bond acceptors (Lipinski definition) is 8. The van der Waals surface area contributed by atoms with Crippen LogP contribution >= 0.6 is 0 Å². The van der Waals surface area contributed by atoms with Crippen LogP contribution in [0.25, 0.3) is 0 Å². The fourth-order valence-electron chi connectivity index (χ4n) is 6.03. The lowest BCUT2D eigenvalue weighted by atomic mass is 10.1. The molecule has 2 aromatic rings. The molecule has 4 aliphatic rings. The van der Waals surface area contributed by atoms with Crippen molar-refractivity contribution in [2.45, 2.75) is 38.8 Å². The summed E-state index contributed by atoms with van der Waals surface area (Å²) in [4.78, 5) is 33.7. The third kappa shape index (κ3) is 7.97. The lowest BCUT2D eigenvalue weighted by molar-refractivity contribution is 0.134. The minimum Gasteiger partial charge on any atom is -0.454 e. The first-order valence-electron chi connectivity index (χ1n) is 15.9. The van der Waals surface area contributed by atoms with Crippen molar-refractivity contribution in [3.8, 4) is 23.0 Å². The molecular weight excluding hydrogens is 564 g/mol. The molecule has 44 heavy (non-hydrogen) atoms. The molecule has 0 radical (unpaired) electrons. The maximum atomic E-state index is 12.6. The number of carbonyl (C=O) groups excluding carboxylic acids is 2. The zero-order chi connectivity index (χ0) is 30.1. The summed E-state index contributed by atoms with van der Waals surface area (Å²) in [5, 5.41) is 6.15. The number of nitrogens with zero attached hydrogens (tertiary/aromatic N) is 4. The van der Waals surface area contributed by atoms with Crippen LogP contribution in [0.5, 0.6) is 23.0 Å². The second-order valence-corrected chi connectivity index (χ2v) is 11.8. The van der Waals surface area contributed by atoms with E-state index in [0.29, 0.717) is 13.1 Å². The monoisotopic (exact) mass is 608 g/mol. The Bertz CT molecular complexity index is 1180. The lowest BCUT2D eigenvalue weighted by Crippen LogP contribution is -2.51. The summed E-state index contributed by atoms with van der Waals surface area (Å²) in [6.07, 6.45) is 3.93. The lowest BCUT2D eigenvalue weighted by Gasteiger charge is -2.34. The van der Waals surface area contributed by atoms with Gasteiger partial charge in [-0.15, -0.1) is 0 Å². The zero-order valence-electron chi connectivity index (χ0n) is 25.4. The van der Waals surface area contributed by atoms with Crippen molar-refractivity contribution in [3.05, 3.63) is 47.5 Å². The second-order valence-electron chi connectivity index (χ2n) is 11.8. The van der Waals surface area contributed by atoms with Crippen LogP contribution in [0.1, 0.15) is 36.8 Å². The van der Waals surface area contributed by atoms with Gasteiger partial charge in [-0.1, -0.05) is 25.0 Å². The van der Waals surface area contributed by atoms with Gasteiger partial charge in [0, 0.05) is 78.5 Å². The predicted octanol–water partition coefficient (Wildman–Crippen LogP) is 3.06. The van der Waals surface area contributed by atoms with Crippen LogP contribution in [0, 0.1) is 0 Å². The number of nitrogens with one attached hydrogen (secondary N) is 2. The van der Waals surface area contributed by atoms with E-state index >= 15 is 0 Å². The third-order valence-electron chi connectivity index (χ3n) is 8.66. The van der Waals surface area contributed by atoms with Gasteiger partial charge in [0.25, 0.3) is 0 Å². The Kier molecular flexibility index (Phi) is 10.1. The molecule has 4 aliphatic heterocycles. The fourth-order valence-corrected chi connectivity index (χ4v) is 6.03. The average molecular weight is 609 g/mol. The predicted molar refractivity (Wildman–Crippen MR) is 164 cm³/mol. The van der Waals surface area contributed by atoms with Crippen LogP contribution in [0.3, 0.4) is 0 Å². The first-order chi connectivity index (χ1) is 21.6. The summed E-state index contributed by atoms with van der Waals surface area (Å²) in [7, 11) is 0. The standard InChI is InChI=1S/C32H44N6O6/c39-31(37-15-11-35(12-16-37)21-25-5-7-27-29(19-25)43-23-41-27)33-9-3-1-2-4-10-34-32(40)38-17-13-36(14-18-38)22-26-6-8-28-30(20-26)44-24-42-28/h5-8,19-20H,1-4,9-18,21-24H2,(H,33,39)(H,34,40). The van der Waals surface area contributed by atoms with Crippen molar-refractivity contribution in [3.63, 3.8) is 0 Å². The fraction of sp³-hybridized carbons (Fsp3) is 0.562. The molecule has 0 unspecified atom stereocenters. The maximum absolute atomic E-state index is 12.6. The van der Waals surface area contributed by atoms with Crippen molar-refractivity contribution >= 4 is 12.1 Å². The van der Waals surface area contributed by atoms with E-state index in [4.69, 9.17) is 18.9 Å². The number of benzene rings is 2. The van der Waals surface area contributed by atoms with Gasteiger partial charge in [0.2, 0.25) is 13.6 Å². The smallest absolute Gasteiger partial charge is 0.317 e. The summed E-state index contributed by atoms with van der Waals surface area (Å²) in [6.45, 7) is 9.93. The van der Waals surface area contributed by atoms with E-state index in [1.807, 2.05) is 34.1 Å². The van der Waals surface area contributed by atoms with Gasteiger partial charge in [0.1, 0.15) is 0 Å². The van der Waals surface area contributed by atoms with E-state index in [-0.39, 0.29) is 25.6 Å². The van der Waals surface area contributed by atoms with Gasteiger partial charge in [-0.3, -0.25) is 9.80 Å². The van der Waals surface area contributed by atoms with E-state index in [9.17, 15) is 9.59 Å². The Balaban J connectivity index is 0.765. The Hall–Kier alpha value is -3.90. The number of ether oxygens (including phenoxy) is 4. The highest BCUT2D eigenvalue weighted by Gasteiger charge is 2.23. The Morgan fingerprint density at radius 2 is 0.955 bits per heavy atom. The highest BCUT2D eigenvalue weighted by Crippen LogP contribution is 2.33. The molecule has 2 saturated heterocycles. The number of urea groups is 2. The Morgan fingerprint density at radius 1 is 0.545 bits per heavy atom. The van der Waals surface area contributed by atoms with Gasteiger partial charge < -0.3 is 39.4 Å². The molecule has 0 atom stereocenters. The first kappa shape index (κ1) is 30.1. The van der Waals surface area contributed by atoms with Gasteiger partial charge in [-0.05, 0) is 48.2 Å². The molecule has 0 aliphatic carbocycles. The number of fused-ring (bicyclic) bond motifs is 2. The SMILES string of the molecule is O=C(NCCCCCCNC(=O)N1CCN(Cc2ccc3c(c2)OCO3)CC1)N1CCN(Cc2ccc3c(c2)OCO3)CC1. The van der Waals surface area contributed by atoms with Crippen LogP contribution in [-0.4, -0.2) is 111 Å². The van der Waals surface area contributed by atoms with Crippen LogP contribution in [0.4, 0.5) is 9.59 Å². The zero-order valence-corrected chi connectivity index (χ0v) is 25.4. The average Bonchev–Trinajstić information content (AvgIpc) is 3.72. The Morgan fingerprint density at radius 3 is 1.39 bits per heavy atom. The number of piperazine rings is 2. The first-order valence-corrected chi connectivity index (χ1v) is 15.9. The minimum atomic E-state index is 0.0241. The molecule has 4 amide bonds. The molecule has 2 fully saturated rings. The van der Waals surface area contributed by atoms with Crippen LogP contribution in [0.2, 0.25) is 0 Å². The molecule has 0 aromatic heterocycles. The van der Waals surface area contributed by atoms with Gasteiger partial charge in [-0.25, -0.2) is 9.59 Å². The van der Waals surface area contributed by atoms with Crippen molar-refractivity contribution in [2.24, 2.45) is 0 Å². The van der Waals surface area contributed by atoms with E-state index in [2.05, 4.69) is 32.6 Å². The van der Waals surface area contributed by atoms with Gasteiger partial charge in [-0.2, -0.15) is 0 Å². The number of amides is 4. The van der Waals surface area contributed by atoms with Gasteiger partial charge in [0.05, 0.1) is 0 Å². The quantitative estimate of drug-likeness (QED) is 0.375. The molecule has 12 heteroatoms. The molecular formula is C32H44N6O6. The van der Waals surface area contributed by atoms with Crippen LogP contribution in [-0.2, 0) is 13.1 Å². The number of hydrogen-bond donors (Lipinski definition) is 2. The summed E-state index contributed by atoms with van der Waals surface area (Å²) in [5.74, 6) is 3.23. The molecule has 0 saturated carbocycles. The summed E-state index contributed by atoms with van der Waals surface area (Å²) in [5.41, 5.74) is 2.39. The molecule has 2 N–H and O–H groups in total. The highest BCUT2D eigenvalue weighted by molar-refractivity contribution is 5.74. The van der Waals surface area contributed by atoms with Crippen molar-refractivity contribution in [1.29, 1.82) is 0 Å². The molecule has 238 valence electrons. The molecule has 4 heterocycles. The van der Waals surface area contributed by atoms with Gasteiger partial charge in [0.15, 0.2) is 23.0 Å². The number of unbranched alkanes of at least 4 members (excludes halogenated alkanes) is 3. The Labute approximate surface area is 259 Å². The molecule has 0 bridgehead atoms. The molecule has 2 aromatic carbocycles. The van der Waals surface area contributed by atoms with Crippen LogP contribution in [0.15, 0.2) is 36.4 Å². The van der Waals surface area contributed by atoms with E-state index in [1.54, 1.807) is 0 Å². The largest absolute Gasteiger partial charge is 0.454 e. The second kappa shape index (κ2) is 14.7. The van der Waals surface area contributed by atoms with Crippen molar-refractivity contribution in [2.75, 3.05) is 79.0 Å². The van der Waals surface area contributed by atoms with Crippen molar-refractivity contribution in [1.82, 2.24) is 30.2 Å². The van der Waals surface area contributed by atoms with Crippen LogP contribution < -0.4 is 29.6 Å². The van der Waals surface area contributed by atoms with E-state index in [0.717, 1.165) is 114 Å². The highest BCUT2D eigenvalue weighted by atomic mass is 16.7. The number of rotatable bonds is 11. The van der Waals surface area contributed by atoms with Gasteiger partial charge >= 0.3 is 12.1 Å². The maximum Gasteiger partial charge on any atom is 0.317 e. The number of carbonyl (C=O) groups is 2. The third-order valence-corrected chi connectivity index (χ3v) is 8.66. The van der Waals surface area contributed by atoms with E-state index in [1.165, 1.54) is 11.1 Å². The minimum absolute atomic E-state index is 0.0241. The topological polar surface area (TPSA) is 108 Å². The van der Waals surface area contributed by atoms with Crippen molar-refractivity contribution < 1.29 is 28.5 Å². The normalized spacial score (nSPS) is 18.0. The molecule has 6 rings (SSSR count). The molecule has 0 spiro atoms. The summed E-state index contributed by atoms with van der Waals surface area (Å²) in [6, 6.07) is 12.2. The molecule has 12 nitrogen and oxygen atoms in total.